The molecule has 4 nitrogen and oxygen atoms in total. The maximum Gasteiger partial charge on any atom is 0.226 e. The molecule has 0 unspecified atom stereocenters. The third-order valence-corrected chi connectivity index (χ3v) is 5.51. The first-order valence-electron chi connectivity index (χ1n) is 10.0. The van der Waals surface area contributed by atoms with Crippen LogP contribution in [0.15, 0.2) is 48.5 Å². The number of hydrogen-bond donors (Lipinski definition) is 1. The van der Waals surface area contributed by atoms with Gasteiger partial charge in [0.25, 0.3) is 0 Å². The van der Waals surface area contributed by atoms with E-state index in [9.17, 15) is 9.90 Å². The van der Waals surface area contributed by atoms with Gasteiger partial charge in [-0.3, -0.25) is 9.69 Å². The minimum absolute atomic E-state index is 0.0677. The molecular weight excluding hydrogens is 336 g/mol. The molecule has 1 aliphatic heterocycles. The Labute approximate surface area is 162 Å². The Bertz CT molecular complexity index is 756. The number of aromatic hydroxyl groups is 1. The first-order chi connectivity index (χ1) is 13.1. The highest BCUT2D eigenvalue weighted by atomic mass is 16.3. The molecule has 144 valence electrons. The number of hydrogen-bond acceptors (Lipinski definition) is 3. The lowest BCUT2D eigenvalue weighted by Crippen LogP contribution is -2.44. The third kappa shape index (κ3) is 4.69. The lowest BCUT2D eigenvalue weighted by atomic mass is 9.95. The zero-order chi connectivity index (χ0) is 19.2. The topological polar surface area (TPSA) is 43.8 Å². The summed E-state index contributed by atoms with van der Waals surface area (Å²) in [4.78, 5) is 17.0. The molecule has 1 N–H and O–H groups in total. The van der Waals surface area contributed by atoms with Gasteiger partial charge in [0, 0.05) is 31.7 Å². The molecule has 1 aliphatic rings. The van der Waals surface area contributed by atoms with Crippen LogP contribution in [0.3, 0.4) is 0 Å². The van der Waals surface area contributed by atoms with Gasteiger partial charge in [0.2, 0.25) is 5.91 Å². The molecule has 27 heavy (non-hydrogen) atoms. The molecule has 3 rings (SSSR count). The standard InChI is InChI=1S/C23H30N2O2/c1-3-25(4-2)23(27)20-11-8-14-24(16-20)17-21-15-19(12-13-22(21)26)18-9-6-5-7-10-18/h5-7,9-10,12-13,15,20,26H,3-4,8,11,14,16-17H2,1-2H3/t20-/m1/s1. The Morgan fingerprint density at radius 1 is 1.11 bits per heavy atom. The van der Waals surface area contributed by atoms with Crippen molar-refractivity contribution in [3.8, 4) is 16.9 Å². The second kappa shape index (κ2) is 9.05. The van der Waals surface area contributed by atoms with Crippen LogP contribution in [0, 0.1) is 5.92 Å². The largest absolute Gasteiger partial charge is 0.508 e. The molecule has 0 spiro atoms. The number of phenolic OH excluding ortho intramolecular Hbond substituents is 1. The van der Waals surface area contributed by atoms with E-state index in [1.54, 1.807) is 6.07 Å². The molecule has 0 bridgehead atoms. The Hall–Kier alpha value is -2.33. The van der Waals surface area contributed by atoms with Crippen LogP contribution in [0.4, 0.5) is 0 Å². The van der Waals surface area contributed by atoms with Gasteiger partial charge in [-0.05, 0) is 56.5 Å². The first-order valence-corrected chi connectivity index (χ1v) is 10.0. The summed E-state index contributed by atoms with van der Waals surface area (Å²) in [5.41, 5.74) is 3.18. The molecular formula is C23H30N2O2. The van der Waals surface area contributed by atoms with Gasteiger partial charge in [0.05, 0.1) is 5.92 Å². The summed E-state index contributed by atoms with van der Waals surface area (Å²) >= 11 is 0. The van der Waals surface area contributed by atoms with Crippen molar-refractivity contribution in [2.24, 2.45) is 5.92 Å². The Morgan fingerprint density at radius 2 is 1.85 bits per heavy atom. The van der Waals surface area contributed by atoms with Crippen LogP contribution in [-0.4, -0.2) is 47.0 Å². The number of benzene rings is 2. The lowest BCUT2D eigenvalue weighted by Gasteiger charge is -2.34. The number of amides is 1. The maximum absolute atomic E-state index is 12.7. The van der Waals surface area contributed by atoms with Crippen LogP contribution in [0.2, 0.25) is 0 Å². The number of rotatable bonds is 6. The van der Waals surface area contributed by atoms with Crippen molar-refractivity contribution in [2.45, 2.75) is 33.2 Å². The van der Waals surface area contributed by atoms with E-state index in [-0.39, 0.29) is 11.8 Å². The zero-order valence-electron chi connectivity index (χ0n) is 16.4. The Morgan fingerprint density at radius 3 is 2.56 bits per heavy atom. The van der Waals surface area contributed by atoms with Crippen molar-refractivity contribution in [3.05, 3.63) is 54.1 Å². The highest BCUT2D eigenvalue weighted by molar-refractivity contribution is 5.79. The van der Waals surface area contributed by atoms with Crippen LogP contribution < -0.4 is 0 Å². The van der Waals surface area contributed by atoms with Gasteiger partial charge >= 0.3 is 0 Å². The molecule has 0 aromatic heterocycles. The molecule has 2 aromatic rings. The average Bonchev–Trinajstić information content (AvgIpc) is 2.71. The van der Waals surface area contributed by atoms with E-state index < -0.39 is 0 Å². The second-order valence-electron chi connectivity index (χ2n) is 7.29. The molecule has 1 atom stereocenters. The molecule has 2 aromatic carbocycles. The predicted octanol–water partition coefficient (Wildman–Crippen LogP) is 4.14. The monoisotopic (exact) mass is 366 g/mol. The first kappa shape index (κ1) is 19.4. The van der Waals surface area contributed by atoms with E-state index in [1.807, 2.05) is 43.0 Å². The van der Waals surface area contributed by atoms with Gasteiger partial charge in [-0.15, -0.1) is 0 Å². The molecule has 0 saturated carbocycles. The van der Waals surface area contributed by atoms with Crippen molar-refractivity contribution in [1.29, 1.82) is 0 Å². The van der Waals surface area contributed by atoms with Gasteiger partial charge in [-0.1, -0.05) is 36.4 Å². The fourth-order valence-electron chi connectivity index (χ4n) is 3.96. The van der Waals surface area contributed by atoms with E-state index in [1.165, 1.54) is 0 Å². The van der Waals surface area contributed by atoms with Crippen LogP contribution >= 0.6 is 0 Å². The molecule has 0 aliphatic carbocycles. The summed E-state index contributed by atoms with van der Waals surface area (Å²) in [5.74, 6) is 0.664. The maximum atomic E-state index is 12.7. The fourth-order valence-corrected chi connectivity index (χ4v) is 3.96. The summed E-state index contributed by atoms with van der Waals surface area (Å²) < 4.78 is 0. The van der Waals surface area contributed by atoms with Gasteiger partial charge in [0.15, 0.2) is 0 Å². The predicted molar refractivity (Wildman–Crippen MR) is 109 cm³/mol. The van der Waals surface area contributed by atoms with Crippen molar-refractivity contribution in [3.63, 3.8) is 0 Å². The van der Waals surface area contributed by atoms with Gasteiger partial charge in [-0.25, -0.2) is 0 Å². The Kier molecular flexibility index (Phi) is 6.51. The lowest BCUT2D eigenvalue weighted by molar-refractivity contribution is -0.137. The number of piperidine rings is 1. The molecule has 0 radical (unpaired) electrons. The Balaban J connectivity index is 1.72. The normalized spacial score (nSPS) is 17.6. The van der Waals surface area contributed by atoms with E-state index in [4.69, 9.17) is 0 Å². The third-order valence-electron chi connectivity index (χ3n) is 5.51. The van der Waals surface area contributed by atoms with E-state index in [2.05, 4.69) is 23.1 Å². The number of likely N-dealkylation sites (tertiary alicyclic amines) is 1. The van der Waals surface area contributed by atoms with Crippen molar-refractivity contribution in [1.82, 2.24) is 9.80 Å². The zero-order valence-corrected chi connectivity index (χ0v) is 16.4. The number of carbonyl (C=O) groups is 1. The van der Waals surface area contributed by atoms with Crippen molar-refractivity contribution in [2.75, 3.05) is 26.2 Å². The van der Waals surface area contributed by atoms with Gasteiger partial charge in [-0.2, -0.15) is 0 Å². The summed E-state index contributed by atoms with van der Waals surface area (Å²) in [6.45, 7) is 8.03. The van der Waals surface area contributed by atoms with E-state index in [0.29, 0.717) is 12.3 Å². The SMILES string of the molecule is CCN(CC)C(=O)[C@@H]1CCCN(Cc2cc(-c3ccccc3)ccc2O)C1. The quantitative estimate of drug-likeness (QED) is 0.836. The van der Waals surface area contributed by atoms with Crippen molar-refractivity contribution < 1.29 is 9.90 Å². The smallest absolute Gasteiger partial charge is 0.226 e. The van der Waals surface area contributed by atoms with Crippen molar-refractivity contribution >= 4 is 5.91 Å². The van der Waals surface area contributed by atoms with Gasteiger partial charge < -0.3 is 10.0 Å². The highest BCUT2D eigenvalue weighted by Crippen LogP contribution is 2.28. The summed E-state index contributed by atoms with van der Waals surface area (Å²) in [6, 6.07) is 16.0. The molecule has 1 saturated heterocycles. The summed E-state index contributed by atoms with van der Waals surface area (Å²) in [7, 11) is 0. The summed E-state index contributed by atoms with van der Waals surface area (Å²) in [5, 5.41) is 10.4. The van der Waals surface area contributed by atoms with E-state index in [0.717, 1.165) is 55.7 Å². The molecule has 1 fully saturated rings. The minimum atomic E-state index is 0.0677. The van der Waals surface area contributed by atoms with Crippen LogP contribution in [0.5, 0.6) is 5.75 Å². The van der Waals surface area contributed by atoms with Crippen LogP contribution in [0.1, 0.15) is 32.3 Å². The minimum Gasteiger partial charge on any atom is -0.508 e. The van der Waals surface area contributed by atoms with Crippen LogP contribution in [-0.2, 0) is 11.3 Å². The average molecular weight is 367 g/mol. The fraction of sp³-hybridized carbons (Fsp3) is 0.435. The second-order valence-corrected chi connectivity index (χ2v) is 7.29. The molecule has 1 amide bonds. The van der Waals surface area contributed by atoms with Gasteiger partial charge in [0.1, 0.15) is 5.75 Å². The summed E-state index contributed by atoms with van der Waals surface area (Å²) in [6.07, 6.45) is 1.98. The van der Waals surface area contributed by atoms with E-state index >= 15 is 0 Å². The number of carbonyl (C=O) groups excluding carboxylic acids is 1. The number of nitrogens with zero attached hydrogens (tertiary/aromatic N) is 2. The molecule has 4 heteroatoms. The highest BCUT2D eigenvalue weighted by Gasteiger charge is 2.28. The van der Waals surface area contributed by atoms with Crippen LogP contribution in [0.25, 0.3) is 11.1 Å². The number of phenols is 1. The molecule has 1 heterocycles.